The second kappa shape index (κ2) is 6.10. The van der Waals surface area contributed by atoms with Gasteiger partial charge in [0.25, 0.3) is 0 Å². The van der Waals surface area contributed by atoms with Gasteiger partial charge in [-0.2, -0.15) is 13.2 Å². The molecule has 2 aliphatic heterocycles. The van der Waals surface area contributed by atoms with Crippen LogP contribution in [0.5, 0.6) is 0 Å². The zero-order valence-corrected chi connectivity index (χ0v) is 10.8. The van der Waals surface area contributed by atoms with Gasteiger partial charge in [0.15, 0.2) is 0 Å². The first-order valence-corrected chi connectivity index (χ1v) is 6.04. The minimum absolute atomic E-state index is 0. The number of nitrogens with zero attached hydrogens (tertiary/aromatic N) is 1. The van der Waals surface area contributed by atoms with Crippen molar-refractivity contribution in [1.82, 2.24) is 10.2 Å². The zero-order valence-electron chi connectivity index (χ0n) is 10.0. The molecule has 106 valence electrons. The van der Waals surface area contributed by atoms with Gasteiger partial charge in [-0.25, -0.2) is 0 Å². The molecule has 2 aliphatic rings. The van der Waals surface area contributed by atoms with Crippen LogP contribution in [0.3, 0.4) is 0 Å². The van der Waals surface area contributed by atoms with Crippen LogP contribution in [-0.2, 0) is 4.79 Å². The highest BCUT2D eigenvalue weighted by Gasteiger charge is 2.43. The molecule has 0 radical (unpaired) electrons. The lowest BCUT2D eigenvalue weighted by Gasteiger charge is -2.35. The lowest BCUT2D eigenvalue weighted by atomic mass is 9.96. The number of amides is 1. The van der Waals surface area contributed by atoms with E-state index in [9.17, 15) is 18.0 Å². The lowest BCUT2D eigenvalue weighted by Crippen LogP contribution is -2.47. The number of rotatable bonds is 1. The summed E-state index contributed by atoms with van der Waals surface area (Å²) < 4.78 is 37.8. The number of alkyl halides is 3. The Balaban J connectivity index is 0.00000162. The molecule has 2 saturated heterocycles. The fourth-order valence-electron chi connectivity index (χ4n) is 2.57. The quantitative estimate of drug-likeness (QED) is 0.797. The standard InChI is InChI=1S/C11H17F3N2O.ClH/c12-11(13,14)9-2-1-5-16(7-9)10(17)8-3-4-15-6-8;/h8-9,15H,1-7H2;1H. The highest BCUT2D eigenvalue weighted by atomic mass is 35.5. The van der Waals surface area contributed by atoms with Crippen LogP contribution in [0, 0.1) is 11.8 Å². The van der Waals surface area contributed by atoms with E-state index in [1.807, 2.05) is 0 Å². The van der Waals surface area contributed by atoms with Crippen molar-refractivity contribution in [1.29, 1.82) is 0 Å². The van der Waals surface area contributed by atoms with Crippen molar-refractivity contribution in [2.45, 2.75) is 25.4 Å². The molecule has 1 amide bonds. The van der Waals surface area contributed by atoms with E-state index in [0.29, 0.717) is 19.5 Å². The molecule has 0 spiro atoms. The minimum Gasteiger partial charge on any atom is -0.342 e. The third-order valence-electron chi connectivity index (χ3n) is 3.61. The molecule has 2 unspecified atom stereocenters. The fraction of sp³-hybridized carbons (Fsp3) is 0.909. The van der Waals surface area contributed by atoms with Gasteiger partial charge in [-0.1, -0.05) is 0 Å². The minimum atomic E-state index is -4.17. The summed E-state index contributed by atoms with van der Waals surface area (Å²) in [4.78, 5) is 13.4. The van der Waals surface area contributed by atoms with Crippen molar-refractivity contribution in [2.75, 3.05) is 26.2 Å². The van der Waals surface area contributed by atoms with E-state index in [1.54, 1.807) is 0 Å². The number of carbonyl (C=O) groups excluding carboxylic acids is 1. The number of carbonyl (C=O) groups is 1. The van der Waals surface area contributed by atoms with Crippen molar-refractivity contribution in [3.8, 4) is 0 Å². The smallest absolute Gasteiger partial charge is 0.342 e. The van der Waals surface area contributed by atoms with Crippen LogP contribution in [0.2, 0.25) is 0 Å². The summed E-state index contributed by atoms with van der Waals surface area (Å²) in [7, 11) is 0. The van der Waals surface area contributed by atoms with Crippen LogP contribution < -0.4 is 5.32 Å². The van der Waals surface area contributed by atoms with E-state index in [4.69, 9.17) is 0 Å². The predicted molar refractivity (Wildman–Crippen MR) is 63.6 cm³/mol. The average molecular weight is 287 g/mol. The molecule has 2 heterocycles. The van der Waals surface area contributed by atoms with E-state index in [1.165, 1.54) is 4.90 Å². The van der Waals surface area contributed by atoms with Gasteiger partial charge in [0.05, 0.1) is 11.8 Å². The number of nitrogens with one attached hydrogen (secondary N) is 1. The lowest BCUT2D eigenvalue weighted by molar-refractivity contribution is -0.188. The van der Waals surface area contributed by atoms with Crippen LogP contribution in [-0.4, -0.2) is 43.2 Å². The first kappa shape index (κ1) is 15.6. The summed E-state index contributed by atoms with van der Waals surface area (Å²) in [6.07, 6.45) is -2.83. The van der Waals surface area contributed by atoms with Gasteiger partial charge in [-0.3, -0.25) is 4.79 Å². The maximum Gasteiger partial charge on any atom is 0.393 e. The van der Waals surface area contributed by atoms with Crippen molar-refractivity contribution in [3.05, 3.63) is 0 Å². The average Bonchev–Trinajstić information content (AvgIpc) is 2.80. The van der Waals surface area contributed by atoms with Crippen LogP contribution in [0.25, 0.3) is 0 Å². The highest BCUT2D eigenvalue weighted by molar-refractivity contribution is 5.85. The largest absolute Gasteiger partial charge is 0.393 e. The Bertz CT molecular complexity index is 293. The SMILES string of the molecule is Cl.O=C(C1CCNC1)N1CCCC(C(F)(F)F)C1. The van der Waals surface area contributed by atoms with Crippen LogP contribution >= 0.6 is 12.4 Å². The Morgan fingerprint density at radius 3 is 2.56 bits per heavy atom. The molecule has 18 heavy (non-hydrogen) atoms. The number of halogens is 4. The molecule has 7 heteroatoms. The summed E-state index contributed by atoms with van der Waals surface area (Å²) in [6, 6.07) is 0. The highest BCUT2D eigenvalue weighted by Crippen LogP contribution is 2.33. The maximum atomic E-state index is 12.6. The van der Waals surface area contributed by atoms with Gasteiger partial charge in [0.1, 0.15) is 0 Å². The van der Waals surface area contributed by atoms with Crippen molar-refractivity contribution in [3.63, 3.8) is 0 Å². The summed E-state index contributed by atoms with van der Waals surface area (Å²) in [5.74, 6) is -1.57. The van der Waals surface area contributed by atoms with Crippen LogP contribution in [0.4, 0.5) is 13.2 Å². The normalized spacial score (nSPS) is 28.9. The predicted octanol–water partition coefficient (Wildman–Crippen LogP) is 1.82. The molecule has 2 fully saturated rings. The fourth-order valence-corrected chi connectivity index (χ4v) is 2.57. The van der Waals surface area contributed by atoms with E-state index < -0.39 is 12.1 Å². The molecule has 0 aromatic rings. The summed E-state index contributed by atoms with van der Waals surface area (Å²) >= 11 is 0. The van der Waals surface area contributed by atoms with Gasteiger partial charge in [0.2, 0.25) is 5.91 Å². The monoisotopic (exact) mass is 286 g/mol. The Morgan fingerprint density at radius 1 is 1.28 bits per heavy atom. The molecule has 1 N–H and O–H groups in total. The van der Waals surface area contributed by atoms with E-state index >= 15 is 0 Å². The molecule has 0 aliphatic carbocycles. The van der Waals surface area contributed by atoms with E-state index in [2.05, 4.69) is 5.32 Å². The Morgan fingerprint density at radius 2 is 2.00 bits per heavy atom. The van der Waals surface area contributed by atoms with Crippen LogP contribution in [0.1, 0.15) is 19.3 Å². The maximum absolute atomic E-state index is 12.6. The molecule has 3 nitrogen and oxygen atoms in total. The topological polar surface area (TPSA) is 32.3 Å². The molecule has 2 rings (SSSR count). The van der Waals surface area contributed by atoms with Gasteiger partial charge in [0, 0.05) is 19.6 Å². The molecular formula is C11H18ClF3N2O. The van der Waals surface area contributed by atoms with Crippen molar-refractivity contribution in [2.24, 2.45) is 11.8 Å². The molecule has 2 atom stereocenters. The third-order valence-corrected chi connectivity index (χ3v) is 3.61. The Kier molecular flexibility index (Phi) is 5.28. The van der Waals surface area contributed by atoms with E-state index in [-0.39, 0.29) is 37.2 Å². The summed E-state index contributed by atoms with van der Waals surface area (Å²) in [5.41, 5.74) is 0. The zero-order chi connectivity index (χ0) is 12.5. The molecule has 0 saturated carbocycles. The second-order valence-electron chi connectivity index (χ2n) is 4.85. The van der Waals surface area contributed by atoms with Gasteiger partial charge in [-0.05, 0) is 25.8 Å². The molecular weight excluding hydrogens is 269 g/mol. The van der Waals surface area contributed by atoms with Gasteiger partial charge in [-0.15, -0.1) is 12.4 Å². The van der Waals surface area contributed by atoms with Gasteiger partial charge >= 0.3 is 6.18 Å². The Labute approximate surface area is 110 Å². The third kappa shape index (κ3) is 3.51. The van der Waals surface area contributed by atoms with Crippen molar-refractivity contribution < 1.29 is 18.0 Å². The van der Waals surface area contributed by atoms with Crippen LogP contribution in [0.15, 0.2) is 0 Å². The summed E-state index contributed by atoms with van der Waals surface area (Å²) in [6.45, 7) is 1.71. The number of hydrogen-bond donors (Lipinski definition) is 1. The molecule has 0 aromatic heterocycles. The molecule has 0 aromatic carbocycles. The number of piperidine rings is 1. The first-order valence-electron chi connectivity index (χ1n) is 6.04. The van der Waals surface area contributed by atoms with E-state index in [0.717, 1.165) is 13.0 Å². The molecule has 0 bridgehead atoms. The number of hydrogen-bond acceptors (Lipinski definition) is 2. The van der Waals surface area contributed by atoms with Gasteiger partial charge < -0.3 is 10.2 Å². The van der Waals surface area contributed by atoms with Crippen molar-refractivity contribution >= 4 is 18.3 Å². The second-order valence-corrected chi connectivity index (χ2v) is 4.85. The number of likely N-dealkylation sites (tertiary alicyclic amines) is 1. The first-order chi connectivity index (χ1) is 7.98. The summed E-state index contributed by atoms with van der Waals surface area (Å²) in [5, 5.41) is 3.06. The Hall–Kier alpha value is -0.490.